The molecule has 1 aliphatic heterocycles. The van der Waals surface area contributed by atoms with Crippen LogP contribution in [0.5, 0.6) is 0 Å². The Bertz CT molecular complexity index is 332. The molecule has 76 valence electrons. The highest BCUT2D eigenvalue weighted by Gasteiger charge is 2.22. The largest absolute Gasteiger partial charge is 0.325 e. The van der Waals surface area contributed by atoms with Gasteiger partial charge in [-0.15, -0.1) is 0 Å². The highest BCUT2D eigenvalue weighted by Crippen LogP contribution is 2.18. The minimum atomic E-state index is 0.377. The molecule has 14 heavy (non-hydrogen) atoms. The summed E-state index contributed by atoms with van der Waals surface area (Å²) in [6.07, 6.45) is 0. The van der Waals surface area contributed by atoms with Crippen LogP contribution in [-0.2, 0) is 6.54 Å². The van der Waals surface area contributed by atoms with E-state index >= 15 is 0 Å². The lowest BCUT2D eigenvalue weighted by atomic mass is 10.0. The molecule has 0 spiro atoms. The summed E-state index contributed by atoms with van der Waals surface area (Å²) >= 11 is 5.89. The first-order chi connectivity index (χ1) is 6.65. The molecule has 0 aromatic heterocycles. The van der Waals surface area contributed by atoms with Crippen LogP contribution in [0.1, 0.15) is 11.1 Å². The van der Waals surface area contributed by atoms with Crippen LogP contribution in [0.25, 0.3) is 0 Å². The minimum Gasteiger partial charge on any atom is -0.325 e. The molecule has 0 amide bonds. The monoisotopic (exact) mass is 210 g/mol. The van der Waals surface area contributed by atoms with E-state index in [1.807, 2.05) is 12.1 Å². The lowest BCUT2D eigenvalue weighted by molar-refractivity contribution is 0.142. The van der Waals surface area contributed by atoms with Crippen LogP contribution in [0.15, 0.2) is 18.2 Å². The van der Waals surface area contributed by atoms with Crippen LogP contribution in [0.4, 0.5) is 0 Å². The van der Waals surface area contributed by atoms with Crippen molar-refractivity contribution >= 4 is 11.6 Å². The van der Waals surface area contributed by atoms with Crippen LogP contribution >= 0.6 is 11.6 Å². The summed E-state index contributed by atoms with van der Waals surface area (Å²) in [5.74, 6) is 0. The van der Waals surface area contributed by atoms with Gasteiger partial charge in [-0.1, -0.05) is 17.7 Å². The molecule has 2 rings (SSSR count). The maximum Gasteiger partial charge on any atom is 0.0408 e. The molecule has 0 saturated carbocycles. The third-order valence-electron chi connectivity index (χ3n) is 2.68. The van der Waals surface area contributed by atoms with Crippen molar-refractivity contribution < 1.29 is 0 Å². The Kier molecular flexibility index (Phi) is 2.77. The normalized spacial score (nSPS) is 18.2. The molecule has 2 N–H and O–H groups in total. The van der Waals surface area contributed by atoms with E-state index in [1.165, 1.54) is 11.1 Å². The molecule has 1 saturated heterocycles. The predicted molar refractivity (Wildman–Crippen MR) is 59.4 cm³/mol. The van der Waals surface area contributed by atoms with E-state index in [1.54, 1.807) is 0 Å². The molecule has 0 radical (unpaired) electrons. The van der Waals surface area contributed by atoms with Crippen molar-refractivity contribution in [3.63, 3.8) is 0 Å². The molecule has 0 bridgehead atoms. The zero-order valence-corrected chi connectivity index (χ0v) is 9.09. The number of nitrogens with two attached hydrogens (primary N) is 1. The summed E-state index contributed by atoms with van der Waals surface area (Å²) in [6.45, 7) is 5.13. The van der Waals surface area contributed by atoms with E-state index in [9.17, 15) is 0 Å². The molecule has 1 heterocycles. The van der Waals surface area contributed by atoms with Crippen molar-refractivity contribution in [2.75, 3.05) is 13.1 Å². The summed E-state index contributed by atoms with van der Waals surface area (Å²) in [5.41, 5.74) is 8.33. The summed E-state index contributed by atoms with van der Waals surface area (Å²) in [6, 6.07) is 6.43. The SMILES string of the molecule is Cc1cc(Cl)ccc1CN1CC(N)C1. The molecule has 1 fully saturated rings. The second-order valence-corrected chi connectivity index (χ2v) is 4.46. The van der Waals surface area contributed by atoms with Gasteiger partial charge < -0.3 is 5.73 Å². The first-order valence-corrected chi connectivity index (χ1v) is 5.26. The topological polar surface area (TPSA) is 29.3 Å². The van der Waals surface area contributed by atoms with Gasteiger partial charge in [0.2, 0.25) is 0 Å². The molecular formula is C11H15ClN2. The Morgan fingerprint density at radius 3 is 2.79 bits per heavy atom. The van der Waals surface area contributed by atoms with Crippen LogP contribution < -0.4 is 5.73 Å². The van der Waals surface area contributed by atoms with E-state index < -0.39 is 0 Å². The Morgan fingerprint density at radius 1 is 1.50 bits per heavy atom. The van der Waals surface area contributed by atoms with Gasteiger partial charge in [-0.25, -0.2) is 0 Å². The maximum absolute atomic E-state index is 5.89. The summed E-state index contributed by atoms with van der Waals surface area (Å²) in [7, 11) is 0. The zero-order chi connectivity index (χ0) is 10.1. The highest BCUT2D eigenvalue weighted by atomic mass is 35.5. The zero-order valence-electron chi connectivity index (χ0n) is 8.33. The standard InChI is InChI=1S/C11H15ClN2/c1-8-4-10(12)3-2-9(8)5-14-6-11(13)7-14/h2-4,11H,5-7,13H2,1H3. The molecule has 0 atom stereocenters. The fourth-order valence-electron chi connectivity index (χ4n) is 1.82. The van der Waals surface area contributed by atoms with Gasteiger partial charge in [0.15, 0.2) is 0 Å². The van der Waals surface area contributed by atoms with Crippen LogP contribution in [0, 0.1) is 6.92 Å². The first-order valence-electron chi connectivity index (χ1n) is 4.88. The number of halogens is 1. The lowest BCUT2D eigenvalue weighted by Crippen LogP contribution is -2.54. The summed E-state index contributed by atoms with van der Waals surface area (Å²) in [5, 5.41) is 0.812. The number of likely N-dealkylation sites (tertiary alicyclic amines) is 1. The molecule has 1 aliphatic rings. The Hall–Kier alpha value is -0.570. The predicted octanol–water partition coefficient (Wildman–Crippen LogP) is 1.79. The van der Waals surface area contributed by atoms with Crippen LogP contribution in [-0.4, -0.2) is 24.0 Å². The van der Waals surface area contributed by atoms with Crippen molar-refractivity contribution in [1.29, 1.82) is 0 Å². The summed E-state index contributed by atoms with van der Waals surface area (Å²) in [4.78, 5) is 2.35. The molecule has 2 nitrogen and oxygen atoms in total. The van der Waals surface area contributed by atoms with Gasteiger partial charge in [0.25, 0.3) is 0 Å². The van der Waals surface area contributed by atoms with Gasteiger partial charge >= 0.3 is 0 Å². The number of rotatable bonds is 2. The maximum atomic E-state index is 5.89. The smallest absolute Gasteiger partial charge is 0.0408 e. The molecule has 1 aromatic rings. The van der Waals surface area contributed by atoms with Crippen LogP contribution in [0.2, 0.25) is 5.02 Å². The third-order valence-corrected chi connectivity index (χ3v) is 2.92. The fourth-order valence-corrected chi connectivity index (χ4v) is 2.04. The van der Waals surface area contributed by atoms with E-state index in [4.69, 9.17) is 17.3 Å². The van der Waals surface area contributed by atoms with Crippen molar-refractivity contribution in [1.82, 2.24) is 4.90 Å². The Morgan fingerprint density at radius 2 is 2.21 bits per heavy atom. The third kappa shape index (κ3) is 2.08. The Balaban J connectivity index is 2.02. The number of nitrogens with zero attached hydrogens (tertiary/aromatic N) is 1. The van der Waals surface area contributed by atoms with Crippen molar-refractivity contribution in [2.45, 2.75) is 19.5 Å². The van der Waals surface area contributed by atoms with Gasteiger partial charge in [0.05, 0.1) is 0 Å². The van der Waals surface area contributed by atoms with Gasteiger partial charge in [0.1, 0.15) is 0 Å². The number of hydrogen-bond acceptors (Lipinski definition) is 2. The lowest BCUT2D eigenvalue weighted by Gasteiger charge is -2.37. The van der Waals surface area contributed by atoms with Gasteiger partial charge in [-0.05, 0) is 30.2 Å². The van der Waals surface area contributed by atoms with E-state index in [0.29, 0.717) is 6.04 Å². The van der Waals surface area contributed by atoms with Gasteiger partial charge in [-0.2, -0.15) is 0 Å². The molecule has 0 unspecified atom stereocenters. The van der Waals surface area contributed by atoms with Crippen molar-refractivity contribution in [2.24, 2.45) is 5.73 Å². The Labute approximate surface area is 89.7 Å². The van der Waals surface area contributed by atoms with Crippen molar-refractivity contribution in [3.8, 4) is 0 Å². The summed E-state index contributed by atoms with van der Waals surface area (Å²) < 4.78 is 0. The minimum absolute atomic E-state index is 0.377. The number of hydrogen-bond donors (Lipinski definition) is 1. The number of benzene rings is 1. The van der Waals surface area contributed by atoms with Crippen LogP contribution in [0.3, 0.4) is 0 Å². The molecule has 3 heteroatoms. The quantitative estimate of drug-likeness (QED) is 0.807. The molecule has 1 aromatic carbocycles. The first kappa shape index (κ1) is 9.97. The van der Waals surface area contributed by atoms with E-state index in [2.05, 4.69) is 17.9 Å². The van der Waals surface area contributed by atoms with E-state index in [0.717, 1.165) is 24.7 Å². The molecule has 0 aliphatic carbocycles. The average molecular weight is 211 g/mol. The fraction of sp³-hybridized carbons (Fsp3) is 0.455. The van der Waals surface area contributed by atoms with Gasteiger partial charge in [0, 0.05) is 30.7 Å². The second-order valence-electron chi connectivity index (χ2n) is 4.02. The molecular weight excluding hydrogens is 196 g/mol. The van der Waals surface area contributed by atoms with Crippen molar-refractivity contribution in [3.05, 3.63) is 34.3 Å². The number of aryl methyl sites for hydroxylation is 1. The average Bonchev–Trinajstić information content (AvgIpc) is 2.06. The van der Waals surface area contributed by atoms with E-state index in [-0.39, 0.29) is 0 Å². The van der Waals surface area contributed by atoms with Gasteiger partial charge in [-0.3, -0.25) is 4.90 Å². The second kappa shape index (κ2) is 3.89. The highest BCUT2D eigenvalue weighted by molar-refractivity contribution is 6.30.